The second kappa shape index (κ2) is 10.6. The van der Waals surface area contributed by atoms with Crippen LogP contribution in [0, 0.1) is 5.92 Å². The lowest BCUT2D eigenvalue weighted by molar-refractivity contribution is -0.166. The molecule has 0 aromatic carbocycles. The Labute approximate surface area is 195 Å². The molecule has 1 saturated carbocycles. The minimum atomic E-state index is -1.00. The highest BCUT2D eigenvalue weighted by Crippen LogP contribution is 2.59. The number of carboxylic acids is 1. The molecule has 1 N–H and O–H groups in total. The number of epoxide rings is 2. The summed E-state index contributed by atoms with van der Waals surface area (Å²) in [6.07, 6.45) is 16.0. The van der Waals surface area contributed by atoms with E-state index in [2.05, 4.69) is 26.8 Å². The summed E-state index contributed by atoms with van der Waals surface area (Å²) in [4.78, 5) is 22.8. The van der Waals surface area contributed by atoms with E-state index in [1.54, 1.807) is 37.5 Å². The van der Waals surface area contributed by atoms with Crippen LogP contribution in [-0.4, -0.2) is 60.3 Å². The monoisotopic (exact) mass is 458 g/mol. The Morgan fingerprint density at radius 3 is 2.30 bits per heavy atom. The molecular formula is C26H34O7. The molecule has 0 aromatic heterocycles. The lowest BCUT2D eigenvalue weighted by Crippen LogP contribution is -2.55. The van der Waals surface area contributed by atoms with E-state index in [0.717, 1.165) is 18.9 Å². The molecule has 3 rings (SSSR count). The van der Waals surface area contributed by atoms with Crippen LogP contribution in [0.25, 0.3) is 0 Å². The highest BCUT2D eigenvalue weighted by molar-refractivity contribution is 5.82. The molecule has 0 aromatic rings. The number of ether oxygens (including phenoxy) is 4. The minimum Gasteiger partial charge on any atom is -0.478 e. The van der Waals surface area contributed by atoms with E-state index in [1.165, 1.54) is 17.7 Å². The summed E-state index contributed by atoms with van der Waals surface area (Å²) in [5.74, 6) is -1.45. The van der Waals surface area contributed by atoms with Crippen molar-refractivity contribution in [2.75, 3.05) is 13.7 Å². The SMILES string of the molecule is CO[C@H]1[C@H](C2(C)O[C@@H]2CC=C(C)C)[C@]2(CC[C@H]1OC(=O)C=CC=CC=CC=CC(=O)O)CO2. The lowest BCUT2D eigenvalue weighted by Gasteiger charge is -2.42. The van der Waals surface area contributed by atoms with Crippen LogP contribution in [-0.2, 0) is 28.5 Å². The average molecular weight is 459 g/mol. The molecule has 0 bridgehead atoms. The molecule has 0 amide bonds. The van der Waals surface area contributed by atoms with E-state index >= 15 is 0 Å². The van der Waals surface area contributed by atoms with E-state index in [1.807, 2.05) is 0 Å². The second-order valence-electron chi connectivity index (χ2n) is 9.18. The summed E-state index contributed by atoms with van der Waals surface area (Å²) in [5, 5.41) is 8.51. The fourth-order valence-electron chi connectivity index (χ4n) is 4.79. The third-order valence-electron chi connectivity index (χ3n) is 6.53. The van der Waals surface area contributed by atoms with Gasteiger partial charge in [-0.3, -0.25) is 0 Å². The molecule has 180 valence electrons. The van der Waals surface area contributed by atoms with Gasteiger partial charge in [0.15, 0.2) is 0 Å². The number of allylic oxidation sites excluding steroid dienone is 7. The molecule has 1 unspecified atom stereocenters. The van der Waals surface area contributed by atoms with Gasteiger partial charge in [0.1, 0.15) is 23.4 Å². The van der Waals surface area contributed by atoms with Gasteiger partial charge in [-0.15, -0.1) is 0 Å². The number of hydrogen-bond acceptors (Lipinski definition) is 6. The summed E-state index contributed by atoms with van der Waals surface area (Å²) < 4.78 is 23.8. The van der Waals surface area contributed by atoms with Gasteiger partial charge in [-0.2, -0.15) is 0 Å². The molecule has 2 aliphatic heterocycles. The second-order valence-corrected chi connectivity index (χ2v) is 9.18. The average Bonchev–Trinajstić information content (AvgIpc) is 3.67. The minimum absolute atomic E-state index is 0.00928. The molecule has 2 heterocycles. The van der Waals surface area contributed by atoms with Crippen molar-refractivity contribution in [2.24, 2.45) is 5.92 Å². The molecule has 2 saturated heterocycles. The Kier molecular flexibility index (Phi) is 8.10. The Balaban J connectivity index is 1.59. The van der Waals surface area contributed by atoms with Crippen molar-refractivity contribution >= 4 is 11.9 Å². The summed E-state index contributed by atoms with van der Waals surface area (Å²) in [6, 6.07) is 0. The highest BCUT2D eigenvalue weighted by atomic mass is 16.6. The predicted molar refractivity (Wildman–Crippen MR) is 124 cm³/mol. The highest BCUT2D eigenvalue weighted by Gasteiger charge is 2.72. The third kappa shape index (κ3) is 6.31. The van der Waals surface area contributed by atoms with E-state index in [4.69, 9.17) is 24.1 Å². The zero-order valence-corrected chi connectivity index (χ0v) is 19.7. The van der Waals surface area contributed by atoms with Gasteiger partial charge >= 0.3 is 11.9 Å². The fraction of sp³-hybridized carbons (Fsp3) is 0.538. The molecule has 6 atom stereocenters. The van der Waals surface area contributed by atoms with Gasteiger partial charge in [-0.1, -0.05) is 48.1 Å². The lowest BCUT2D eigenvalue weighted by atomic mass is 9.68. The largest absolute Gasteiger partial charge is 0.478 e. The first-order valence-corrected chi connectivity index (χ1v) is 11.3. The molecule has 33 heavy (non-hydrogen) atoms. The summed E-state index contributed by atoms with van der Waals surface area (Å²) in [6.45, 7) is 6.96. The molecular weight excluding hydrogens is 424 g/mol. The molecule has 3 fully saturated rings. The standard InChI is InChI=1S/C26H34O7/c1-18(2)13-14-20-25(3,33-20)24-23(30-4)19(15-16-26(24)17-31-26)32-22(29)12-10-8-6-5-7-9-11-21(27)28/h5-13,19-20,23-24H,14-17H2,1-4H3,(H,27,28)/t19-,20-,23-,24-,25?,26+/m1/s1. The number of carbonyl (C=O) groups excluding carboxylic acids is 1. The zero-order chi connectivity index (χ0) is 24.1. The molecule has 7 heteroatoms. The normalized spacial score (nSPS) is 35.6. The van der Waals surface area contributed by atoms with Crippen molar-refractivity contribution in [2.45, 2.75) is 69.5 Å². The molecule has 1 aliphatic carbocycles. The zero-order valence-electron chi connectivity index (χ0n) is 19.7. The predicted octanol–water partition coefficient (Wildman–Crippen LogP) is 3.92. The number of esters is 1. The topological polar surface area (TPSA) is 97.9 Å². The van der Waals surface area contributed by atoms with Gasteiger partial charge in [-0.05, 0) is 40.0 Å². The van der Waals surface area contributed by atoms with Gasteiger partial charge in [0.2, 0.25) is 0 Å². The Hall–Kier alpha value is -2.48. The summed E-state index contributed by atoms with van der Waals surface area (Å²) in [5.41, 5.74) is 0.642. The van der Waals surface area contributed by atoms with E-state index in [9.17, 15) is 9.59 Å². The van der Waals surface area contributed by atoms with Crippen LogP contribution in [0.3, 0.4) is 0 Å². The van der Waals surface area contributed by atoms with Crippen LogP contribution < -0.4 is 0 Å². The van der Waals surface area contributed by atoms with Crippen LogP contribution >= 0.6 is 0 Å². The smallest absolute Gasteiger partial charge is 0.331 e. The maximum Gasteiger partial charge on any atom is 0.331 e. The van der Waals surface area contributed by atoms with Crippen molar-refractivity contribution in [3.05, 3.63) is 60.3 Å². The van der Waals surface area contributed by atoms with Crippen molar-refractivity contribution < 1.29 is 33.6 Å². The van der Waals surface area contributed by atoms with Crippen LogP contribution in [0.2, 0.25) is 0 Å². The molecule has 0 radical (unpaired) electrons. The Morgan fingerprint density at radius 2 is 1.73 bits per heavy atom. The van der Waals surface area contributed by atoms with Crippen molar-refractivity contribution in [1.29, 1.82) is 0 Å². The maximum absolute atomic E-state index is 12.4. The Bertz CT molecular complexity index is 873. The first kappa shape index (κ1) is 25.1. The van der Waals surface area contributed by atoms with E-state index < -0.39 is 11.9 Å². The van der Waals surface area contributed by atoms with Gasteiger partial charge in [0, 0.05) is 19.3 Å². The number of aliphatic carboxylic acids is 1. The first-order valence-electron chi connectivity index (χ1n) is 11.3. The van der Waals surface area contributed by atoms with Crippen LogP contribution in [0.1, 0.15) is 40.0 Å². The van der Waals surface area contributed by atoms with Crippen molar-refractivity contribution in [1.82, 2.24) is 0 Å². The van der Waals surface area contributed by atoms with Crippen molar-refractivity contribution in [3.63, 3.8) is 0 Å². The summed E-state index contributed by atoms with van der Waals surface area (Å²) >= 11 is 0. The quantitative estimate of drug-likeness (QED) is 0.174. The van der Waals surface area contributed by atoms with Crippen LogP contribution in [0.5, 0.6) is 0 Å². The molecule has 3 aliphatic rings. The van der Waals surface area contributed by atoms with Gasteiger partial charge < -0.3 is 24.1 Å². The Morgan fingerprint density at radius 1 is 1.09 bits per heavy atom. The fourth-order valence-corrected chi connectivity index (χ4v) is 4.79. The van der Waals surface area contributed by atoms with Gasteiger partial charge in [-0.25, -0.2) is 9.59 Å². The van der Waals surface area contributed by atoms with Crippen LogP contribution in [0.4, 0.5) is 0 Å². The first-order chi connectivity index (χ1) is 15.7. The number of carbonyl (C=O) groups is 2. The van der Waals surface area contributed by atoms with E-state index in [0.29, 0.717) is 13.0 Å². The van der Waals surface area contributed by atoms with Crippen LogP contribution in [0.15, 0.2) is 60.3 Å². The molecule has 7 nitrogen and oxygen atoms in total. The third-order valence-corrected chi connectivity index (χ3v) is 6.53. The number of rotatable bonds is 10. The summed E-state index contributed by atoms with van der Waals surface area (Å²) in [7, 11) is 1.65. The maximum atomic E-state index is 12.4. The number of methoxy groups -OCH3 is 1. The number of carboxylic acid groups (broad SMARTS) is 1. The van der Waals surface area contributed by atoms with Gasteiger partial charge in [0.25, 0.3) is 0 Å². The van der Waals surface area contributed by atoms with Crippen molar-refractivity contribution in [3.8, 4) is 0 Å². The van der Waals surface area contributed by atoms with Gasteiger partial charge in [0.05, 0.1) is 18.6 Å². The van der Waals surface area contributed by atoms with E-state index in [-0.39, 0.29) is 35.4 Å². The molecule has 1 spiro atoms. The number of hydrogen-bond donors (Lipinski definition) is 1.